The van der Waals surface area contributed by atoms with Crippen LogP contribution in [0.4, 0.5) is 10.1 Å². The van der Waals surface area contributed by atoms with Gasteiger partial charge in [0.25, 0.3) is 10.0 Å². The molecule has 0 saturated heterocycles. The van der Waals surface area contributed by atoms with Gasteiger partial charge < -0.3 is 19.7 Å². The first kappa shape index (κ1) is 32.4. The van der Waals surface area contributed by atoms with E-state index in [-0.39, 0.29) is 29.5 Å². The maximum Gasteiger partial charge on any atom is 0.264 e. The third-order valence-electron chi connectivity index (χ3n) is 6.41. The minimum absolute atomic E-state index is 0.0198. The number of nitrogens with one attached hydrogen (secondary N) is 1. The largest absolute Gasteiger partial charge is 0.497 e. The first-order chi connectivity index (χ1) is 19.8. The maximum absolute atomic E-state index is 14.1. The molecule has 1 N–H and O–H groups in total. The highest BCUT2D eigenvalue weighted by molar-refractivity contribution is 7.92. The number of ether oxygens (including phenoxy) is 2. The highest BCUT2D eigenvalue weighted by Crippen LogP contribution is 2.27. The topological polar surface area (TPSA) is 105 Å². The Labute approximate surface area is 247 Å². The fourth-order valence-electron chi connectivity index (χ4n) is 4.35. The fraction of sp³-hybridized carbons (Fsp3) is 0.355. The Morgan fingerprint density at radius 1 is 0.929 bits per heavy atom. The number of methoxy groups -OCH3 is 2. The van der Waals surface area contributed by atoms with Crippen LogP contribution < -0.4 is 19.1 Å². The Morgan fingerprint density at radius 3 is 2.10 bits per heavy atom. The Kier molecular flexibility index (Phi) is 10.6. The van der Waals surface area contributed by atoms with E-state index < -0.39 is 39.9 Å². The van der Waals surface area contributed by atoms with Crippen LogP contribution in [0.15, 0.2) is 77.7 Å². The van der Waals surface area contributed by atoms with Gasteiger partial charge in [-0.15, -0.1) is 0 Å². The number of rotatable bonds is 12. The predicted octanol–water partition coefficient (Wildman–Crippen LogP) is 4.76. The van der Waals surface area contributed by atoms with E-state index in [9.17, 15) is 22.4 Å². The first-order valence-electron chi connectivity index (χ1n) is 13.5. The summed E-state index contributed by atoms with van der Waals surface area (Å²) in [5.74, 6) is -0.514. The van der Waals surface area contributed by atoms with Crippen LogP contribution >= 0.6 is 0 Å². The number of carbonyl (C=O) groups excluding carboxylic acids is 2. The summed E-state index contributed by atoms with van der Waals surface area (Å²) in [6.07, 6.45) is 0.277. The second-order valence-corrected chi connectivity index (χ2v) is 12.6. The fourth-order valence-corrected chi connectivity index (χ4v) is 5.77. The zero-order valence-corrected chi connectivity index (χ0v) is 25.6. The number of nitrogens with zero attached hydrogens (tertiary/aromatic N) is 2. The van der Waals surface area contributed by atoms with Gasteiger partial charge in [0.1, 0.15) is 29.9 Å². The van der Waals surface area contributed by atoms with Crippen LogP contribution in [0.2, 0.25) is 0 Å². The second-order valence-electron chi connectivity index (χ2n) is 10.7. The van der Waals surface area contributed by atoms with E-state index in [1.54, 1.807) is 31.2 Å². The lowest BCUT2D eigenvalue weighted by Gasteiger charge is -2.34. The standard InChI is InChI=1S/C31H38FN3O6S/c1-7-28(30(37)33-31(2,3)4)34(20-22-9-8-10-26(19-22)41-6)29(36)21-35(24-13-11-23(32)12-14-24)42(38,39)27-17-15-25(40-5)16-18-27/h8-19,28H,7,20-21H2,1-6H3,(H,33,37)/t28-/m1/s1. The van der Waals surface area contributed by atoms with Gasteiger partial charge in [-0.05, 0) is 93.4 Å². The summed E-state index contributed by atoms with van der Waals surface area (Å²) >= 11 is 0. The zero-order valence-electron chi connectivity index (χ0n) is 24.8. The molecule has 3 rings (SSSR count). The molecule has 0 saturated carbocycles. The highest BCUT2D eigenvalue weighted by Gasteiger charge is 2.34. The number of hydrogen-bond donors (Lipinski definition) is 1. The minimum atomic E-state index is -4.30. The molecule has 0 aliphatic heterocycles. The van der Waals surface area contributed by atoms with E-state index in [0.29, 0.717) is 17.1 Å². The summed E-state index contributed by atoms with van der Waals surface area (Å²) < 4.78 is 53.0. The third-order valence-corrected chi connectivity index (χ3v) is 8.20. The average molecular weight is 600 g/mol. The Morgan fingerprint density at radius 2 is 1.55 bits per heavy atom. The Balaban J connectivity index is 2.08. The molecule has 0 radical (unpaired) electrons. The van der Waals surface area contributed by atoms with Crippen LogP contribution in [-0.2, 0) is 26.2 Å². The number of anilines is 1. The van der Waals surface area contributed by atoms with E-state index >= 15 is 0 Å². The average Bonchev–Trinajstić information content (AvgIpc) is 2.95. The van der Waals surface area contributed by atoms with Crippen LogP contribution in [0.3, 0.4) is 0 Å². The van der Waals surface area contributed by atoms with Gasteiger partial charge in [-0.3, -0.25) is 13.9 Å². The van der Waals surface area contributed by atoms with Crippen LogP contribution in [0, 0.1) is 5.82 Å². The van der Waals surface area contributed by atoms with Gasteiger partial charge in [0, 0.05) is 12.1 Å². The van der Waals surface area contributed by atoms with Crippen molar-refractivity contribution in [1.82, 2.24) is 10.2 Å². The lowest BCUT2D eigenvalue weighted by Crippen LogP contribution is -2.55. The number of hydrogen-bond acceptors (Lipinski definition) is 6. The summed E-state index contributed by atoms with van der Waals surface area (Å²) in [5.41, 5.74) is 0.220. The van der Waals surface area contributed by atoms with Gasteiger partial charge in [0.2, 0.25) is 11.8 Å². The third kappa shape index (κ3) is 8.22. The molecule has 0 unspecified atom stereocenters. The van der Waals surface area contributed by atoms with Crippen molar-refractivity contribution >= 4 is 27.5 Å². The molecular weight excluding hydrogens is 561 g/mol. The summed E-state index contributed by atoms with van der Waals surface area (Å²) in [6, 6.07) is 16.7. The number of amides is 2. The quantitative estimate of drug-likeness (QED) is 0.322. The van der Waals surface area contributed by atoms with Crippen molar-refractivity contribution in [2.24, 2.45) is 0 Å². The smallest absolute Gasteiger partial charge is 0.264 e. The number of sulfonamides is 1. The van der Waals surface area contributed by atoms with E-state index in [1.165, 1.54) is 55.5 Å². The lowest BCUT2D eigenvalue weighted by atomic mass is 10.1. The summed E-state index contributed by atoms with van der Waals surface area (Å²) in [5, 5.41) is 2.93. The van der Waals surface area contributed by atoms with Crippen LogP contribution in [0.25, 0.3) is 0 Å². The molecule has 0 fully saturated rings. The maximum atomic E-state index is 14.1. The van der Waals surface area contributed by atoms with Gasteiger partial charge in [-0.2, -0.15) is 0 Å². The van der Waals surface area contributed by atoms with Crippen molar-refractivity contribution in [2.75, 3.05) is 25.1 Å². The van der Waals surface area contributed by atoms with Crippen molar-refractivity contribution in [3.63, 3.8) is 0 Å². The molecular formula is C31H38FN3O6S. The molecule has 226 valence electrons. The molecule has 0 bridgehead atoms. The molecule has 2 amide bonds. The molecule has 9 nitrogen and oxygen atoms in total. The molecule has 0 aliphatic carbocycles. The van der Waals surface area contributed by atoms with E-state index in [1.807, 2.05) is 20.8 Å². The Hall–Kier alpha value is -4.12. The molecule has 1 atom stereocenters. The van der Waals surface area contributed by atoms with Crippen LogP contribution in [0.5, 0.6) is 11.5 Å². The summed E-state index contributed by atoms with van der Waals surface area (Å²) in [6.45, 7) is 6.68. The summed E-state index contributed by atoms with van der Waals surface area (Å²) in [4.78, 5) is 28.8. The van der Waals surface area contributed by atoms with Crippen molar-refractivity contribution < 1.29 is 31.9 Å². The van der Waals surface area contributed by atoms with Gasteiger partial charge in [-0.1, -0.05) is 19.1 Å². The van der Waals surface area contributed by atoms with Crippen molar-refractivity contribution in [2.45, 2.75) is 57.1 Å². The molecule has 0 aromatic heterocycles. The molecule has 42 heavy (non-hydrogen) atoms. The molecule has 0 aliphatic rings. The van der Waals surface area contributed by atoms with Gasteiger partial charge in [0.15, 0.2) is 0 Å². The number of carbonyl (C=O) groups is 2. The minimum Gasteiger partial charge on any atom is -0.497 e. The van der Waals surface area contributed by atoms with Crippen molar-refractivity contribution in [3.05, 3.63) is 84.2 Å². The Bertz CT molecular complexity index is 1470. The zero-order chi connectivity index (χ0) is 31.1. The predicted molar refractivity (Wildman–Crippen MR) is 159 cm³/mol. The molecule has 0 heterocycles. The second kappa shape index (κ2) is 13.7. The SMILES string of the molecule is CC[C@H](C(=O)NC(C)(C)C)N(Cc1cccc(OC)c1)C(=O)CN(c1ccc(F)cc1)S(=O)(=O)c1ccc(OC)cc1. The number of benzene rings is 3. The molecule has 0 spiro atoms. The highest BCUT2D eigenvalue weighted by atomic mass is 32.2. The normalized spacial score (nSPS) is 12.3. The van der Waals surface area contributed by atoms with Gasteiger partial charge in [-0.25, -0.2) is 12.8 Å². The molecule has 3 aromatic carbocycles. The molecule has 11 heteroatoms. The van der Waals surface area contributed by atoms with E-state index in [0.717, 1.165) is 16.4 Å². The van der Waals surface area contributed by atoms with Crippen molar-refractivity contribution in [3.8, 4) is 11.5 Å². The van der Waals surface area contributed by atoms with Gasteiger partial charge >= 0.3 is 0 Å². The van der Waals surface area contributed by atoms with Crippen LogP contribution in [-0.4, -0.2) is 57.5 Å². The first-order valence-corrected chi connectivity index (χ1v) is 14.9. The lowest BCUT2D eigenvalue weighted by molar-refractivity contribution is -0.141. The number of halogens is 1. The van der Waals surface area contributed by atoms with E-state index in [4.69, 9.17) is 9.47 Å². The summed E-state index contributed by atoms with van der Waals surface area (Å²) in [7, 11) is -1.31. The van der Waals surface area contributed by atoms with Gasteiger partial charge in [0.05, 0.1) is 24.8 Å². The monoisotopic (exact) mass is 599 g/mol. The van der Waals surface area contributed by atoms with Crippen molar-refractivity contribution in [1.29, 1.82) is 0 Å². The molecule has 3 aromatic rings. The van der Waals surface area contributed by atoms with E-state index in [2.05, 4.69) is 5.32 Å². The van der Waals surface area contributed by atoms with Crippen LogP contribution in [0.1, 0.15) is 39.7 Å².